The topological polar surface area (TPSA) is 81.5 Å². The van der Waals surface area contributed by atoms with Gasteiger partial charge in [0.2, 0.25) is 5.91 Å². The van der Waals surface area contributed by atoms with Crippen molar-refractivity contribution in [3.8, 4) is 0 Å². The summed E-state index contributed by atoms with van der Waals surface area (Å²) in [6.45, 7) is 5.41. The molecule has 0 spiro atoms. The van der Waals surface area contributed by atoms with Crippen molar-refractivity contribution in [1.29, 1.82) is 0 Å². The number of fused-ring (bicyclic) bond motifs is 1. The molecule has 1 unspecified atom stereocenters. The second kappa shape index (κ2) is 8.97. The highest BCUT2D eigenvalue weighted by molar-refractivity contribution is 7.20. The number of amides is 1. The number of ether oxygens (including phenoxy) is 1. The number of carbonyl (C=O) groups is 2. The lowest BCUT2D eigenvalue weighted by molar-refractivity contribution is -0.132. The normalized spacial score (nSPS) is 12.0. The fourth-order valence-electron chi connectivity index (χ4n) is 3.10. The summed E-state index contributed by atoms with van der Waals surface area (Å²) in [5, 5.41) is 0.964. The Balaban J connectivity index is 1.86. The van der Waals surface area contributed by atoms with Gasteiger partial charge in [0.05, 0.1) is 24.4 Å². The van der Waals surface area contributed by atoms with E-state index >= 15 is 0 Å². The summed E-state index contributed by atoms with van der Waals surface area (Å²) >= 11 is 7.05. The summed E-state index contributed by atoms with van der Waals surface area (Å²) in [5.74, 6) is -0.712. The van der Waals surface area contributed by atoms with Crippen LogP contribution in [-0.2, 0) is 16.1 Å². The van der Waals surface area contributed by atoms with Gasteiger partial charge >= 0.3 is 5.97 Å². The van der Waals surface area contributed by atoms with Crippen LogP contribution in [-0.4, -0.2) is 40.0 Å². The van der Waals surface area contributed by atoms with E-state index < -0.39 is 5.97 Å². The minimum atomic E-state index is -0.475. The maximum absolute atomic E-state index is 13.0. The highest BCUT2D eigenvalue weighted by Gasteiger charge is 2.22. The van der Waals surface area contributed by atoms with Crippen LogP contribution in [0.25, 0.3) is 10.2 Å². The average molecular weight is 448 g/mol. The Hall–Kier alpha value is -2.71. The van der Waals surface area contributed by atoms with E-state index in [9.17, 15) is 14.4 Å². The van der Waals surface area contributed by atoms with Gasteiger partial charge in [-0.1, -0.05) is 23.7 Å². The standard InChI is InChI=1S/C21H22ClN3O4S/c1-5-29-21(28)18-12(2)17-19(30-18)23-11-25(20(17)27)10-16(26)24(4)13(3)14-6-8-15(22)9-7-14/h6-9,11,13H,5,10H2,1-4H3. The smallest absolute Gasteiger partial charge is 0.348 e. The molecule has 3 aromatic rings. The summed E-state index contributed by atoms with van der Waals surface area (Å²) in [7, 11) is 1.69. The molecule has 1 amide bonds. The fourth-order valence-corrected chi connectivity index (χ4v) is 4.26. The summed E-state index contributed by atoms with van der Waals surface area (Å²) in [6.07, 6.45) is 1.34. The zero-order valence-corrected chi connectivity index (χ0v) is 18.7. The second-order valence-corrected chi connectivity index (χ2v) is 8.30. The van der Waals surface area contributed by atoms with Crippen LogP contribution in [0.1, 0.15) is 40.7 Å². The number of aryl methyl sites for hydroxylation is 1. The first-order chi connectivity index (χ1) is 14.2. The Bertz CT molecular complexity index is 1150. The average Bonchev–Trinajstić information content (AvgIpc) is 3.07. The van der Waals surface area contributed by atoms with E-state index in [1.807, 2.05) is 19.1 Å². The number of benzene rings is 1. The van der Waals surface area contributed by atoms with Crippen LogP contribution in [0.15, 0.2) is 35.4 Å². The summed E-state index contributed by atoms with van der Waals surface area (Å²) in [5.41, 5.74) is 1.10. The van der Waals surface area contributed by atoms with Gasteiger partial charge in [0.1, 0.15) is 16.3 Å². The molecule has 0 aliphatic heterocycles. The van der Waals surface area contributed by atoms with Crippen molar-refractivity contribution in [2.45, 2.75) is 33.4 Å². The quantitative estimate of drug-likeness (QED) is 0.536. The van der Waals surface area contributed by atoms with Gasteiger partial charge in [0.15, 0.2) is 0 Å². The molecule has 0 saturated carbocycles. The lowest BCUT2D eigenvalue weighted by Gasteiger charge is -2.25. The van der Waals surface area contributed by atoms with Crippen LogP contribution in [0.5, 0.6) is 0 Å². The molecule has 2 heterocycles. The van der Waals surface area contributed by atoms with E-state index in [-0.39, 0.29) is 30.7 Å². The number of halogens is 1. The van der Waals surface area contributed by atoms with Gasteiger partial charge in [-0.15, -0.1) is 11.3 Å². The van der Waals surface area contributed by atoms with Gasteiger partial charge in [-0.2, -0.15) is 0 Å². The molecule has 0 aliphatic rings. The molecule has 9 heteroatoms. The van der Waals surface area contributed by atoms with Crippen molar-refractivity contribution in [3.05, 3.63) is 62.0 Å². The van der Waals surface area contributed by atoms with Crippen LogP contribution in [0, 0.1) is 6.92 Å². The number of thiophene rings is 1. The molecule has 0 saturated heterocycles. The first-order valence-electron chi connectivity index (χ1n) is 9.41. The fraction of sp³-hybridized carbons (Fsp3) is 0.333. The molecule has 7 nitrogen and oxygen atoms in total. The SMILES string of the molecule is CCOC(=O)c1sc2ncn(CC(=O)N(C)C(C)c3ccc(Cl)cc3)c(=O)c2c1C. The summed E-state index contributed by atoms with van der Waals surface area (Å²) < 4.78 is 6.31. The van der Waals surface area contributed by atoms with Crippen molar-refractivity contribution < 1.29 is 14.3 Å². The van der Waals surface area contributed by atoms with E-state index in [1.54, 1.807) is 37.9 Å². The molecule has 0 fully saturated rings. The van der Waals surface area contributed by atoms with E-state index in [0.717, 1.165) is 16.9 Å². The molecule has 2 aromatic heterocycles. The first kappa shape index (κ1) is 22.0. The number of hydrogen-bond donors (Lipinski definition) is 0. The zero-order chi connectivity index (χ0) is 22.0. The third-order valence-corrected chi connectivity index (χ3v) is 6.44. The second-order valence-electron chi connectivity index (χ2n) is 6.87. The van der Waals surface area contributed by atoms with Crippen molar-refractivity contribution in [2.24, 2.45) is 0 Å². The number of carbonyl (C=O) groups excluding carboxylic acids is 2. The van der Waals surface area contributed by atoms with Gasteiger partial charge in [0, 0.05) is 12.1 Å². The van der Waals surface area contributed by atoms with Crippen molar-refractivity contribution in [2.75, 3.05) is 13.7 Å². The maximum atomic E-state index is 13.0. The van der Waals surface area contributed by atoms with E-state index in [4.69, 9.17) is 16.3 Å². The van der Waals surface area contributed by atoms with Crippen molar-refractivity contribution in [1.82, 2.24) is 14.5 Å². The third kappa shape index (κ3) is 4.24. The zero-order valence-electron chi connectivity index (χ0n) is 17.1. The molecule has 1 atom stereocenters. The van der Waals surface area contributed by atoms with E-state index in [0.29, 0.717) is 25.7 Å². The largest absolute Gasteiger partial charge is 0.462 e. The van der Waals surface area contributed by atoms with Crippen molar-refractivity contribution >= 4 is 45.0 Å². The number of likely N-dealkylation sites (N-methyl/N-ethyl adjacent to an activating group) is 1. The molecule has 0 bridgehead atoms. The molecule has 0 aliphatic carbocycles. The summed E-state index contributed by atoms with van der Waals surface area (Å²) in [6, 6.07) is 7.08. The van der Waals surface area contributed by atoms with Gasteiger partial charge in [-0.25, -0.2) is 9.78 Å². The minimum absolute atomic E-state index is 0.153. The van der Waals surface area contributed by atoms with Crippen LogP contribution < -0.4 is 5.56 Å². The molecule has 30 heavy (non-hydrogen) atoms. The van der Waals surface area contributed by atoms with Crippen LogP contribution >= 0.6 is 22.9 Å². The Kier molecular flexibility index (Phi) is 6.58. The van der Waals surface area contributed by atoms with Crippen LogP contribution in [0.3, 0.4) is 0 Å². The highest BCUT2D eigenvalue weighted by Crippen LogP contribution is 2.27. The molecule has 1 aromatic carbocycles. The third-order valence-electron chi connectivity index (χ3n) is 5.01. The lowest BCUT2D eigenvalue weighted by atomic mass is 10.1. The molecular weight excluding hydrogens is 426 g/mol. The predicted octanol–water partition coefficient (Wildman–Crippen LogP) is 3.82. The van der Waals surface area contributed by atoms with Gasteiger partial charge in [-0.05, 0) is 44.0 Å². The monoisotopic (exact) mass is 447 g/mol. The first-order valence-corrected chi connectivity index (χ1v) is 10.6. The molecule has 0 N–H and O–H groups in total. The van der Waals surface area contributed by atoms with Gasteiger partial charge in [-0.3, -0.25) is 14.2 Å². The van der Waals surface area contributed by atoms with E-state index in [1.165, 1.54) is 10.9 Å². The van der Waals surface area contributed by atoms with Gasteiger partial charge < -0.3 is 9.64 Å². The van der Waals surface area contributed by atoms with Crippen LogP contribution in [0.4, 0.5) is 0 Å². The Morgan fingerprint density at radius 2 is 1.97 bits per heavy atom. The molecule has 158 valence electrons. The summed E-state index contributed by atoms with van der Waals surface area (Å²) in [4.78, 5) is 44.5. The maximum Gasteiger partial charge on any atom is 0.348 e. The Labute approximate surface area is 182 Å². The Morgan fingerprint density at radius 1 is 1.30 bits per heavy atom. The number of esters is 1. The number of hydrogen-bond acceptors (Lipinski definition) is 6. The minimum Gasteiger partial charge on any atom is -0.462 e. The molecule has 3 rings (SSSR count). The number of rotatable bonds is 6. The Morgan fingerprint density at radius 3 is 2.60 bits per heavy atom. The molecular formula is C21H22ClN3O4S. The lowest BCUT2D eigenvalue weighted by Crippen LogP contribution is -2.35. The number of aromatic nitrogens is 2. The molecule has 0 radical (unpaired) electrons. The van der Waals surface area contributed by atoms with E-state index in [2.05, 4.69) is 4.98 Å². The van der Waals surface area contributed by atoms with Crippen molar-refractivity contribution in [3.63, 3.8) is 0 Å². The predicted molar refractivity (Wildman–Crippen MR) is 117 cm³/mol. The highest BCUT2D eigenvalue weighted by atomic mass is 35.5. The number of nitrogens with zero attached hydrogens (tertiary/aromatic N) is 3. The van der Waals surface area contributed by atoms with Gasteiger partial charge in [0.25, 0.3) is 5.56 Å². The van der Waals surface area contributed by atoms with Crippen LogP contribution in [0.2, 0.25) is 5.02 Å².